The lowest BCUT2D eigenvalue weighted by Crippen LogP contribution is -2.41. The molecule has 2 rings (SSSR count). The molecule has 1 amide bonds. The van der Waals surface area contributed by atoms with Crippen molar-refractivity contribution >= 4 is 18.5 Å². The molecule has 1 aromatic rings. The minimum Gasteiger partial charge on any atom is -0.399 e. The molecule has 102 valence electrons. The molecule has 0 spiro atoms. The predicted octanol–water partition coefficient (Wildman–Crippen LogP) is 1.01. The Bertz CT molecular complexity index is 483. The second-order valence-corrected chi connectivity index (χ2v) is 5.98. The largest absolute Gasteiger partial charge is 0.494 e. The van der Waals surface area contributed by atoms with Gasteiger partial charge >= 0.3 is 7.12 Å². The van der Waals surface area contributed by atoms with Crippen LogP contribution in [0.15, 0.2) is 24.3 Å². The summed E-state index contributed by atoms with van der Waals surface area (Å²) in [5.74, 6) is -0.342. The van der Waals surface area contributed by atoms with Gasteiger partial charge in [-0.3, -0.25) is 4.79 Å². The average Bonchev–Trinajstić information content (AvgIpc) is 2.47. The molecule has 0 radical (unpaired) electrons. The van der Waals surface area contributed by atoms with Crippen LogP contribution in [0.4, 0.5) is 0 Å². The first-order valence-electron chi connectivity index (χ1n) is 6.44. The Morgan fingerprint density at radius 1 is 1.21 bits per heavy atom. The molecule has 1 saturated heterocycles. The lowest BCUT2D eigenvalue weighted by molar-refractivity contribution is -0.117. The van der Waals surface area contributed by atoms with Crippen molar-refractivity contribution in [3.05, 3.63) is 29.8 Å². The lowest BCUT2D eigenvalue weighted by Gasteiger charge is -2.32. The highest BCUT2D eigenvalue weighted by molar-refractivity contribution is 6.62. The Hall–Kier alpha value is -1.33. The van der Waals surface area contributed by atoms with Crippen molar-refractivity contribution in [1.82, 2.24) is 0 Å². The van der Waals surface area contributed by atoms with Crippen LogP contribution in [-0.4, -0.2) is 24.2 Å². The molecule has 0 saturated carbocycles. The van der Waals surface area contributed by atoms with Gasteiger partial charge in [0.05, 0.1) is 17.6 Å². The monoisotopic (exact) mass is 261 g/mol. The standard InChI is InChI=1S/C14H20BNO3/c1-13(2)14(3,4)19-15(18-13)11-7-5-6-10(8-11)9-12(16)17/h5-8H,9H2,1-4H3,(H2,16,17). The Morgan fingerprint density at radius 2 is 1.79 bits per heavy atom. The van der Waals surface area contributed by atoms with Crippen molar-refractivity contribution < 1.29 is 14.1 Å². The van der Waals surface area contributed by atoms with Crippen molar-refractivity contribution in [2.45, 2.75) is 45.3 Å². The molecular formula is C14H20BNO3. The van der Waals surface area contributed by atoms with Crippen molar-refractivity contribution in [3.8, 4) is 0 Å². The minimum absolute atomic E-state index is 0.230. The zero-order chi connectivity index (χ0) is 14.3. The van der Waals surface area contributed by atoms with Gasteiger partial charge in [0.25, 0.3) is 0 Å². The third-order valence-corrected chi connectivity index (χ3v) is 3.85. The van der Waals surface area contributed by atoms with E-state index < -0.39 is 7.12 Å². The third-order valence-electron chi connectivity index (χ3n) is 3.85. The number of rotatable bonds is 3. The van der Waals surface area contributed by atoms with Gasteiger partial charge < -0.3 is 15.0 Å². The summed E-state index contributed by atoms with van der Waals surface area (Å²) in [6, 6.07) is 7.61. The zero-order valence-electron chi connectivity index (χ0n) is 11.9. The quantitative estimate of drug-likeness (QED) is 0.826. The van der Waals surface area contributed by atoms with Crippen molar-refractivity contribution in [2.75, 3.05) is 0 Å². The first-order valence-corrected chi connectivity index (χ1v) is 6.44. The number of primary amides is 1. The van der Waals surface area contributed by atoms with Gasteiger partial charge in [0.2, 0.25) is 5.91 Å². The van der Waals surface area contributed by atoms with Gasteiger partial charge in [0.1, 0.15) is 0 Å². The highest BCUT2D eigenvalue weighted by Crippen LogP contribution is 2.36. The van der Waals surface area contributed by atoms with Crippen LogP contribution in [-0.2, 0) is 20.5 Å². The highest BCUT2D eigenvalue weighted by Gasteiger charge is 2.51. The maximum Gasteiger partial charge on any atom is 0.494 e. The molecule has 2 N–H and O–H groups in total. The number of amides is 1. The predicted molar refractivity (Wildman–Crippen MR) is 75.1 cm³/mol. The molecule has 1 aliphatic heterocycles. The van der Waals surface area contributed by atoms with E-state index in [2.05, 4.69) is 0 Å². The molecule has 0 aliphatic carbocycles. The van der Waals surface area contributed by atoms with Crippen LogP contribution >= 0.6 is 0 Å². The van der Waals surface area contributed by atoms with Crippen LogP contribution in [0, 0.1) is 0 Å². The molecule has 0 bridgehead atoms. The summed E-state index contributed by atoms with van der Waals surface area (Å²) < 4.78 is 11.9. The van der Waals surface area contributed by atoms with Crippen molar-refractivity contribution in [2.24, 2.45) is 5.73 Å². The molecule has 0 aromatic heterocycles. The van der Waals surface area contributed by atoms with E-state index in [0.717, 1.165) is 11.0 Å². The first kappa shape index (κ1) is 14.1. The van der Waals surface area contributed by atoms with E-state index in [9.17, 15) is 4.79 Å². The fourth-order valence-corrected chi connectivity index (χ4v) is 2.03. The number of nitrogens with two attached hydrogens (primary N) is 1. The molecule has 1 aliphatic rings. The van der Waals surface area contributed by atoms with Crippen LogP contribution in [0.3, 0.4) is 0 Å². The second-order valence-electron chi connectivity index (χ2n) is 5.98. The molecule has 5 heteroatoms. The van der Waals surface area contributed by atoms with E-state index >= 15 is 0 Å². The fourth-order valence-electron chi connectivity index (χ4n) is 2.03. The molecule has 1 aromatic carbocycles. The Kier molecular flexibility index (Phi) is 3.45. The van der Waals surface area contributed by atoms with E-state index in [1.807, 2.05) is 52.0 Å². The zero-order valence-corrected chi connectivity index (χ0v) is 11.9. The van der Waals surface area contributed by atoms with Crippen LogP contribution in [0.5, 0.6) is 0 Å². The number of carbonyl (C=O) groups is 1. The topological polar surface area (TPSA) is 61.5 Å². The number of hydrogen-bond donors (Lipinski definition) is 1. The van der Waals surface area contributed by atoms with E-state index in [1.54, 1.807) is 0 Å². The third kappa shape index (κ3) is 2.82. The lowest BCUT2D eigenvalue weighted by atomic mass is 9.78. The highest BCUT2D eigenvalue weighted by atomic mass is 16.7. The van der Waals surface area contributed by atoms with Gasteiger partial charge in [-0.15, -0.1) is 0 Å². The van der Waals surface area contributed by atoms with Crippen LogP contribution < -0.4 is 11.2 Å². The smallest absolute Gasteiger partial charge is 0.399 e. The van der Waals surface area contributed by atoms with Gasteiger partial charge in [-0.1, -0.05) is 24.3 Å². The van der Waals surface area contributed by atoms with E-state index in [0.29, 0.717) is 0 Å². The number of carbonyl (C=O) groups excluding carboxylic acids is 1. The van der Waals surface area contributed by atoms with Crippen molar-refractivity contribution in [3.63, 3.8) is 0 Å². The van der Waals surface area contributed by atoms with Crippen LogP contribution in [0.1, 0.15) is 33.3 Å². The summed E-state index contributed by atoms with van der Waals surface area (Å²) in [6.45, 7) is 8.06. The van der Waals surface area contributed by atoms with Crippen LogP contribution in [0.25, 0.3) is 0 Å². The average molecular weight is 261 g/mol. The van der Waals surface area contributed by atoms with Gasteiger partial charge in [0.15, 0.2) is 0 Å². The van der Waals surface area contributed by atoms with Crippen LogP contribution in [0.2, 0.25) is 0 Å². The molecule has 1 fully saturated rings. The summed E-state index contributed by atoms with van der Waals surface area (Å²) in [4.78, 5) is 11.0. The Labute approximate surface area is 114 Å². The molecule has 0 atom stereocenters. The molecule has 1 heterocycles. The Morgan fingerprint density at radius 3 is 2.32 bits per heavy atom. The minimum atomic E-state index is -0.405. The van der Waals surface area contributed by atoms with Gasteiger partial charge in [0, 0.05) is 0 Å². The number of benzene rings is 1. The van der Waals surface area contributed by atoms with Crippen molar-refractivity contribution in [1.29, 1.82) is 0 Å². The SMILES string of the molecule is CC1(C)OB(c2cccc(CC(N)=O)c2)OC1(C)C. The first-order chi connectivity index (χ1) is 8.71. The summed E-state index contributed by atoms with van der Waals surface area (Å²) in [7, 11) is -0.405. The van der Waals surface area contributed by atoms with E-state index in [1.165, 1.54) is 0 Å². The summed E-state index contributed by atoms with van der Waals surface area (Å²) in [5.41, 5.74) is 6.27. The van der Waals surface area contributed by atoms with Gasteiger partial charge in [-0.25, -0.2) is 0 Å². The maximum atomic E-state index is 11.0. The molecule has 19 heavy (non-hydrogen) atoms. The molecular weight excluding hydrogens is 241 g/mol. The van der Waals surface area contributed by atoms with Gasteiger partial charge in [-0.2, -0.15) is 0 Å². The number of hydrogen-bond acceptors (Lipinski definition) is 3. The maximum absolute atomic E-state index is 11.0. The normalized spacial score (nSPS) is 20.5. The van der Waals surface area contributed by atoms with E-state index in [4.69, 9.17) is 15.0 Å². The van der Waals surface area contributed by atoms with E-state index in [-0.39, 0.29) is 23.5 Å². The summed E-state index contributed by atoms with van der Waals surface area (Å²) in [6.07, 6.45) is 0.230. The summed E-state index contributed by atoms with van der Waals surface area (Å²) >= 11 is 0. The molecule has 4 nitrogen and oxygen atoms in total. The fraction of sp³-hybridized carbons (Fsp3) is 0.500. The van der Waals surface area contributed by atoms with Gasteiger partial charge in [-0.05, 0) is 38.7 Å². The Balaban J connectivity index is 2.22. The summed E-state index contributed by atoms with van der Waals surface area (Å²) in [5, 5.41) is 0. The second kappa shape index (κ2) is 4.65. The molecule has 0 unspecified atom stereocenters.